The highest BCUT2D eigenvalue weighted by molar-refractivity contribution is 7.90. The lowest BCUT2D eigenvalue weighted by Gasteiger charge is -2.35. The van der Waals surface area contributed by atoms with Crippen molar-refractivity contribution in [3.63, 3.8) is 0 Å². The molecule has 4 rings (SSSR count). The van der Waals surface area contributed by atoms with Crippen LogP contribution in [0.5, 0.6) is 0 Å². The summed E-state index contributed by atoms with van der Waals surface area (Å²) < 4.78 is 23.1. The maximum atomic E-state index is 12.8. The molecule has 0 radical (unpaired) electrons. The van der Waals surface area contributed by atoms with Gasteiger partial charge in [-0.3, -0.25) is 4.79 Å². The van der Waals surface area contributed by atoms with Crippen LogP contribution in [0.1, 0.15) is 10.5 Å². The molecule has 30 heavy (non-hydrogen) atoms. The van der Waals surface area contributed by atoms with Gasteiger partial charge in [0.2, 0.25) is 0 Å². The maximum Gasteiger partial charge on any atom is 0.273 e. The average Bonchev–Trinajstić information content (AvgIpc) is 3.22. The van der Waals surface area contributed by atoms with Gasteiger partial charge in [0.1, 0.15) is 11.5 Å². The number of rotatable bonds is 5. The Kier molecular flexibility index (Phi) is 5.69. The lowest BCUT2D eigenvalue weighted by molar-refractivity contribution is 0.0741. The summed E-state index contributed by atoms with van der Waals surface area (Å²) in [6.45, 7) is 2.68. The molecule has 0 saturated carbocycles. The van der Waals surface area contributed by atoms with Gasteiger partial charge in [0.05, 0.1) is 4.90 Å². The van der Waals surface area contributed by atoms with Crippen LogP contribution in [0.25, 0.3) is 0 Å². The second-order valence-corrected chi connectivity index (χ2v) is 9.80. The molecule has 0 aliphatic carbocycles. The number of nitrogens with zero attached hydrogens (tertiary/aromatic N) is 4. The Labute approximate surface area is 179 Å². The summed E-state index contributed by atoms with van der Waals surface area (Å²) >= 11 is 1.34. The molecule has 1 aliphatic rings. The molecule has 1 amide bonds. The van der Waals surface area contributed by atoms with Gasteiger partial charge in [0.15, 0.2) is 15.0 Å². The Balaban J connectivity index is 1.36. The summed E-state index contributed by atoms with van der Waals surface area (Å²) in [5.41, 5.74) is 1.11. The number of nitrogens with one attached hydrogen (secondary N) is 1. The first-order valence-electron chi connectivity index (χ1n) is 9.38. The quantitative estimate of drug-likeness (QED) is 0.648. The van der Waals surface area contributed by atoms with Gasteiger partial charge >= 0.3 is 0 Å². The second-order valence-electron chi connectivity index (χ2n) is 6.93. The van der Waals surface area contributed by atoms with Crippen LogP contribution >= 0.6 is 11.3 Å². The van der Waals surface area contributed by atoms with Gasteiger partial charge in [-0.15, -0.1) is 11.3 Å². The van der Waals surface area contributed by atoms with Gasteiger partial charge in [0.25, 0.3) is 5.91 Å². The fraction of sp³-hybridized carbons (Fsp3) is 0.250. The molecular weight excluding hydrogens is 422 g/mol. The van der Waals surface area contributed by atoms with E-state index in [0.717, 1.165) is 18.9 Å². The van der Waals surface area contributed by atoms with Crippen LogP contribution in [-0.2, 0) is 9.84 Å². The first kappa shape index (κ1) is 20.3. The summed E-state index contributed by atoms with van der Waals surface area (Å²) in [7, 11) is -3.23. The van der Waals surface area contributed by atoms with E-state index in [2.05, 4.69) is 20.2 Å². The number of pyridine rings is 1. The fourth-order valence-electron chi connectivity index (χ4n) is 3.18. The number of carbonyl (C=O) groups excluding carboxylic acids is 1. The van der Waals surface area contributed by atoms with E-state index in [-0.39, 0.29) is 10.8 Å². The molecular formula is C20H21N5O3S2. The van der Waals surface area contributed by atoms with E-state index in [1.54, 1.807) is 40.7 Å². The molecule has 1 aromatic carbocycles. The first-order chi connectivity index (χ1) is 14.4. The van der Waals surface area contributed by atoms with Crippen molar-refractivity contribution in [1.29, 1.82) is 0 Å². The molecule has 0 spiro atoms. The van der Waals surface area contributed by atoms with Crippen molar-refractivity contribution in [3.05, 3.63) is 59.7 Å². The number of thiazole rings is 1. The van der Waals surface area contributed by atoms with Gasteiger partial charge in [0, 0.05) is 49.7 Å². The predicted octanol–water partition coefficient (Wildman–Crippen LogP) is 2.65. The SMILES string of the molecule is CS(=O)(=O)c1ccc(Nc2nc(C(=O)N3CCN(c4ccccn4)CC3)cs2)cc1. The molecule has 10 heteroatoms. The van der Waals surface area contributed by atoms with Crippen LogP contribution < -0.4 is 10.2 Å². The molecule has 156 valence electrons. The minimum absolute atomic E-state index is 0.0904. The molecule has 0 unspecified atom stereocenters. The summed E-state index contributed by atoms with van der Waals surface area (Å²) in [4.78, 5) is 25.8. The molecule has 1 fully saturated rings. The predicted molar refractivity (Wildman–Crippen MR) is 117 cm³/mol. The van der Waals surface area contributed by atoms with E-state index < -0.39 is 9.84 Å². The van der Waals surface area contributed by atoms with Crippen molar-refractivity contribution in [1.82, 2.24) is 14.9 Å². The van der Waals surface area contributed by atoms with E-state index in [4.69, 9.17) is 0 Å². The lowest BCUT2D eigenvalue weighted by Crippen LogP contribution is -2.49. The van der Waals surface area contributed by atoms with Gasteiger partial charge in [-0.05, 0) is 36.4 Å². The number of amides is 1. The Hall–Kier alpha value is -2.98. The molecule has 2 aromatic heterocycles. The highest BCUT2D eigenvalue weighted by Crippen LogP contribution is 2.23. The monoisotopic (exact) mass is 443 g/mol. The van der Waals surface area contributed by atoms with Crippen molar-refractivity contribution in [2.24, 2.45) is 0 Å². The number of aromatic nitrogens is 2. The van der Waals surface area contributed by atoms with E-state index >= 15 is 0 Å². The lowest BCUT2D eigenvalue weighted by atomic mass is 10.3. The zero-order chi connectivity index (χ0) is 21.1. The molecule has 0 bridgehead atoms. The first-order valence-corrected chi connectivity index (χ1v) is 12.2. The molecule has 3 aromatic rings. The fourth-order valence-corrected chi connectivity index (χ4v) is 4.51. The van der Waals surface area contributed by atoms with Crippen LogP contribution in [-0.4, -0.2) is 61.6 Å². The van der Waals surface area contributed by atoms with Gasteiger partial charge in [-0.25, -0.2) is 18.4 Å². The normalized spacial score (nSPS) is 14.6. The van der Waals surface area contributed by atoms with E-state index in [1.165, 1.54) is 17.6 Å². The van der Waals surface area contributed by atoms with Crippen molar-refractivity contribution >= 4 is 43.7 Å². The minimum atomic E-state index is -3.23. The third-order valence-electron chi connectivity index (χ3n) is 4.80. The minimum Gasteiger partial charge on any atom is -0.353 e. The van der Waals surface area contributed by atoms with Crippen molar-refractivity contribution < 1.29 is 13.2 Å². The number of hydrogen-bond donors (Lipinski definition) is 1. The van der Waals surface area contributed by atoms with Gasteiger partial charge in [-0.1, -0.05) is 6.07 Å². The summed E-state index contributed by atoms with van der Waals surface area (Å²) in [6.07, 6.45) is 2.94. The third kappa shape index (κ3) is 4.60. The van der Waals surface area contributed by atoms with Crippen LogP contribution in [0, 0.1) is 0 Å². The van der Waals surface area contributed by atoms with Crippen molar-refractivity contribution in [3.8, 4) is 0 Å². The smallest absolute Gasteiger partial charge is 0.273 e. The average molecular weight is 444 g/mol. The number of piperazine rings is 1. The van der Waals surface area contributed by atoms with E-state index in [0.29, 0.717) is 29.6 Å². The summed E-state index contributed by atoms with van der Waals surface area (Å²) in [6, 6.07) is 12.2. The highest BCUT2D eigenvalue weighted by atomic mass is 32.2. The molecule has 3 heterocycles. The van der Waals surface area contributed by atoms with E-state index in [1.807, 2.05) is 18.2 Å². The van der Waals surface area contributed by atoms with Gasteiger partial charge in [-0.2, -0.15) is 0 Å². The van der Waals surface area contributed by atoms with Crippen LogP contribution in [0.3, 0.4) is 0 Å². The Morgan fingerprint density at radius 2 is 1.80 bits per heavy atom. The van der Waals surface area contributed by atoms with Crippen LogP contribution in [0.15, 0.2) is 58.9 Å². The summed E-state index contributed by atoms with van der Waals surface area (Å²) in [5, 5.41) is 5.43. The van der Waals surface area contributed by atoms with Crippen LogP contribution in [0.2, 0.25) is 0 Å². The standard InChI is InChI=1S/C20H21N5O3S2/c1-30(27,28)16-7-5-15(6-8-16)22-20-23-17(14-29-20)19(26)25-12-10-24(11-13-25)18-4-2-3-9-21-18/h2-9,14H,10-13H2,1H3,(H,22,23). The number of benzene rings is 1. The number of sulfone groups is 1. The topological polar surface area (TPSA) is 95.5 Å². The highest BCUT2D eigenvalue weighted by Gasteiger charge is 2.24. The molecule has 0 atom stereocenters. The van der Waals surface area contributed by atoms with E-state index in [9.17, 15) is 13.2 Å². The molecule has 1 N–H and O–H groups in total. The number of carbonyl (C=O) groups is 1. The third-order valence-corrected chi connectivity index (χ3v) is 6.68. The molecule has 8 nitrogen and oxygen atoms in total. The van der Waals surface area contributed by atoms with Gasteiger partial charge < -0.3 is 15.1 Å². The summed E-state index contributed by atoms with van der Waals surface area (Å²) in [5.74, 6) is 0.832. The number of anilines is 3. The van der Waals surface area contributed by atoms with Crippen molar-refractivity contribution in [2.75, 3.05) is 42.7 Å². The largest absolute Gasteiger partial charge is 0.353 e. The Morgan fingerprint density at radius 1 is 1.07 bits per heavy atom. The van der Waals surface area contributed by atoms with Crippen molar-refractivity contribution in [2.45, 2.75) is 4.90 Å². The number of hydrogen-bond acceptors (Lipinski definition) is 8. The molecule has 1 aliphatic heterocycles. The Bertz CT molecular complexity index is 1120. The zero-order valence-corrected chi connectivity index (χ0v) is 18.0. The van der Waals surface area contributed by atoms with Crippen LogP contribution in [0.4, 0.5) is 16.6 Å². The Morgan fingerprint density at radius 3 is 2.43 bits per heavy atom. The second kappa shape index (κ2) is 8.41. The molecule has 1 saturated heterocycles. The maximum absolute atomic E-state index is 12.8. The zero-order valence-electron chi connectivity index (χ0n) is 16.4.